The third kappa shape index (κ3) is 3.24. The fourth-order valence-corrected chi connectivity index (χ4v) is 3.31. The van der Waals surface area contributed by atoms with Gasteiger partial charge in [-0.1, -0.05) is 29.8 Å². The lowest BCUT2D eigenvalue weighted by Crippen LogP contribution is -1.97. The first-order valence-electron chi connectivity index (χ1n) is 7.55. The molecule has 0 saturated heterocycles. The van der Waals surface area contributed by atoms with Gasteiger partial charge in [-0.15, -0.1) is 0 Å². The number of aromatic carboxylic acids is 1. The highest BCUT2D eigenvalue weighted by Crippen LogP contribution is 2.31. The van der Waals surface area contributed by atoms with Crippen LogP contribution in [0.1, 0.15) is 10.4 Å². The molecule has 0 aliphatic rings. The number of fused-ring (bicyclic) bond motifs is 1. The van der Waals surface area contributed by atoms with Crippen molar-refractivity contribution in [2.24, 2.45) is 0 Å². The van der Waals surface area contributed by atoms with Crippen LogP contribution < -0.4 is 4.72 Å². The van der Waals surface area contributed by atoms with Crippen LogP contribution in [0.15, 0.2) is 59.8 Å². The Kier molecular flexibility index (Phi) is 4.27. The average molecular weight is 386 g/mol. The highest BCUT2D eigenvalue weighted by Gasteiger charge is 2.12. The lowest BCUT2D eigenvalue weighted by atomic mass is 10.3. The third-order valence-electron chi connectivity index (χ3n) is 3.63. The van der Waals surface area contributed by atoms with Gasteiger partial charge < -0.3 is 14.8 Å². The second-order valence-electron chi connectivity index (χ2n) is 5.41. The Balaban J connectivity index is 1.62. The molecular weight excluding hydrogens is 374 g/mol. The molecule has 7 nitrogen and oxygen atoms in total. The van der Waals surface area contributed by atoms with E-state index in [4.69, 9.17) is 16.7 Å². The van der Waals surface area contributed by atoms with Crippen LogP contribution in [0.5, 0.6) is 0 Å². The van der Waals surface area contributed by atoms with Gasteiger partial charge in [0.2, 0.25) is 5.95 Å². The van der Waals surface area contributed by atoms with Crippen molar-refractivity contribution in [3.05, 3.63) is 65.4 Å². The number of carboxylic acid groups (broad SMARTS) is 1. The van der Waals surface area contributed by atoms with E-state index in [9.17, 15) is 4.79 Å². The van der Waals surface area contributed by atoms with Crippen molar-refractivity contribution in [1.29, 1.82) is 0 Å². The van der Waals surface area contributed by atoms with Crippen molar-refractivity contribution < 1.29 is 9.90 Å². The summed E-state index contributed by atoms with van der Waals surface area (Å²) in [5, 5.41) is 13.6. The van der Waals surface area contributed by atoms with Gasteiger partial charge in [-0.3, -0.25) is 0 Å². The Labute approximate surface area is 157 Å². The lowest BCUT2D eigenvalue weighted by molar-refractivity contribution is 0.0697. The molecule has 0 amide bonds. The quantitative estimate of drug-likeness (QED) is 0.445. The minimum Gasteiger partial charge on any atom is -0.478 e. The summed E-state index contributed by atoms with van der Waals surface area (Å²) in [5.41, 5.74) is 2.24. The van der Waals surface area contributed by atoms with Gasteiger partial charge in [0.25, 0.3) is 0 Å². The molecule has 2 aromatic carbocycles. The maximum Gasteiger partial charge on any atom is 0.338 e. The van der Waals surface area contributed by atoms with Gasteiger partial charge in [0.05, 0.1) is 33.5 Å². The normalized spacial score (nSPS) is 11.0. The highest BCUT2D eigenvalue weighted by atomic mass is 35.5. The Morgan fingerprint density at radius 1 is 1.27 bits per heavy atom. The SMILES string of the molecule is O=C(O)c1cnn(-c2nc3cc(NSc4ccccc4)c(Cl)cc3[nH]2)c1. The molecular formula is C17H12ClN5O2S. The predicted octanol–water partition coefficient (Wildman–Crippen LogP) is 4.22. The fourth-order valence-electron chi connectivity index (χ4n) is 2.36. The van der Waals surface area contributed by atoms with Crippen molar-refractivity contribution >= 4 is 46.2 Å². The van der Waals surface area contributed by atoms with Gasteiger partial charge in [-0.05, 0) is 36.2 Å². The van der Waals surface area contributed by atoms with Crippen molar-refractivity contribution in [2.45, 2.75) is 4.90 Å². The Hall–Kier alpha value is -2.97. The van der Waals surface area contributed by atoms with Crippen molar-refractivity contribution in [2.75, 3.05) is 4.72 Å². The summed E-state index contributed by atoms with van der Waals surface area (Å²) in [5.74, 6) is -0.628. The van der Waals surface area contributed by atoms with E-state index in [-0.39, 0.29) is 5.56 Å². The number of H-pyrrole nitrogens is 1. The van der Waals surface area contributed by atoms with Crippen LogP contribution >= 0.6 is 23.5 Å². The molecule has 0 fully saturated rings. The molecule has 0 unspecified atom stereocenters. The number of nitrogens with zero attached hydrogens (tertiary/aromatic N) is 3. The van der Waals surface area contributed by atoms with E-state index >= 15 is 0 Å². The van der Waals surface area contributed by atoms with Crippen molar-refractivity contribution in [3.8, 4) is 5.95 Å². The number of carboxylic acids is 1. The smallest absolute Gasteiger partial charge is 0.338 e. The van der Waals surface area contributed by atoms with Crippen LogP contribution in [0.25, 0.3) is 17.0 Å². The highest BCUT2D eigenvalue weighted by molar-refractivity contribution is 8.00. The summed E-state index contributed by atoms with van der Waals surface area (Å²) < 4.78 is 4.60. The molecule has 26 heavy (non-hydrogen) atoms. The van der Waals surface area contributed by atoms with E-state index in [0.29, 0.717) is 16.5 Å². The maximum absolute atomic E-state index is 11.0. The largest absolute Gasteiger partial charge is 0.478 e. The summed E-state index contributed by atoms with van der Waals surface area (Å²) in [7, 11) is 0. The maximum atomic E-state index is 11.0. The summed E-state index contributed by atoms with van der Waals surface area (Å²) in [6.45, 7) is 0. The molecule has 130 valence electrons. The molecule has 3 N–H and O–H groups in total. The predicted molar refractivity (Wildman–Crippen MR) is 101 cm³/mol. The van der Waals surface area contributed by atoms with E-state index in [1.54, 1.807) is 6.07 Å². The molecule has 2 heterocycles. The number of benzene rings is 2. The zero-order valence-corrected chi connectivity index (χ0v) is 14.8. The van der Waals surface area contributed by atoms with Gasteiger partial charge in [-0.2, -0.15) is 5.10 Å². The minimum absolute atomic E-state index is 0.0881. The zero-order valence-electron chi connectivity index (χ0n) is 13.2. The first kappa shape index (κ1) is 16.5. The molecule has 0 aliphatic heterocycles. The number of carbonyl (C=O) groups is 1. The topological polar surface area (TPSA) is 95.8 Å². The average Bonchev–Trinajstić information content (AvgIpc) is 3.27. The fraction of sp³-hybridized carbons (Fsp3) is 0. The van der Waals surface area contributed by atoms with E-state index in [2.05, 4.69) is 19.8 Å². The van der Waals surface area contributed by atoms with Gasteiger partial charge >= 0.3 is 5.97 Å². The van der Waals surface area contributed by atoms with Gasteiger partial charge in [-0.25, -0.2) is 14.5 Å². The number of hydrogen-bond donors (Lipinski definition) is 3. The number of aromatic amines is 1. The number of halogens is 1. The summed E-state index contributed by atoms with van der Waals surface area (Å²) in [6, 6.07) is 13.5. The zero-order chi connectivity index (χ0) is 18.1. The molecule has 0 bridgehead atoms. The van der Waals surface area contributed by atoms with Crippen LogP contribution in [0.4, 0.5) is 5.69 Å². The summed E-state index contributed by atoms with van der Waals surface area (Å²) in [4.78, 5) is 19.6. The van der Waals surface area contributed by atoms with Crippen LogP contribution in [-0.4, -0.2) is 30.8 Å². The molecule has 4 aromatic rings. The Morgan fingerprint density at radius 3 is 2.81 bits per heavy atom. The molecule has 0 spiro atoms. The van der Waals surface area contributed by atoms with Gasteiger partial charge in [0.1, 0.15) is 0 Å². The van der Waals surface area contributed by atoms with Crippen LogP contribution in [0.2, 0.25) is 5.02 Å². The van der Waals surface area contributed by atoms with Crippen LogP contribution in [0, 0.1) is 0 Å². The Bertz CT molecular complexity index is 1090. The first-order valence-corrected chi connectivity index (χ1v) is 8.75. The number of imidazole rings is 1. The summed E-state index contributed by atoms with van der Waals surface area (Å²) >= 11 is 7.80. The molecule has 0 aliphatic carbocycles. The summed E-state index contributed by atoms with van der Waals surface area (Å²) in [6.07, 6.45) is 2.66. The standard InChI is InChI=1S/C17H12ClN5O2S/c18-12-6-14-15(7-13(12)22-26-11-4-2-1-3-5-11)21-17(20-14)23-9-10(8-19-23)16(24)25/h1-9,22H,(H,20,21)(H,24,25). The van der Waals surface area contributed by atoms with E-state index in [1.807, 2.05) is 36.4 Å². The number of anilines is 1. The van der Waals surface area contributed by atoms with Crippen LogP contribution in [-0.2, 0) is 0 Å². The number of hydrogen-bond acceptors (Lipinski definition) is 5. The molecule has 0 saturated carbocycles. The number of aromatic nitrogens is 4. The van der Waals surface area contributed by atoms with Crippen LogP contribution in [0.3, 0.4) is 0 Å². The minimum atomic E-state index is -1.04. The van der Waals surface area contributed by atoms with Crippen molar-refractivity contribution in [1.82, 2.24) is 19.7 Å². The molecule has 0 atom stereocenters. The number of rotatable bonds is 5. The van der Waals surface area contributed by atoms with Gasteiger partial charge in [0, 0.05) is 11.1 Å². The Morgan fingerprint density at radius 2 is 2.08 bits per heavy atom. The first-order chi connectivity index (χ1) is 12.6. The second-order valence-corrected chi connectivity index (χ2v) is 6.69. The molecule has 9 heteroatoms. The monoisotopic (exact) mass is 385 g/mol. The van der Waals surface area contributed by atoms with E-state index in [1.165, 1.54) is 29.0 Å². The lowest BCUT2D eigenvalue weighted by Gasteiger charge is -2.07. The molecule has 4 rings (SSSR count). The number of nitrogens with one attached hydrogen (secondary N) is 2. The molecule has 0 radical (unpaired) electrons. The van der Waals surface area contributed by atoms with Gasteiger partial charge in [0.15, 0.2) is 0 Å². The van der Waals surface area contributed by atoms with E-state index < -0.39 is 5.97 Å². The van der Waals surface area contributed by atoms with Crippen molar-refractivity contribution in [3.63, 3.8) is 0 Å². The second kappa shape index (κ2) is 6.74. The molecule has 2 aromatic heterocycles. The third-order valence-corrected chi connectivity index (χ3v) is 4.77. The van der Waals surface area contributed by atoms with E-state index in [0.717, 1.165) is 16.1 Å².